The maximum absolute atomic E-state index is 12.9. The van der Waals surface area contributed by atoms with Gasteiger partial charge in [0.25, 0.3) is 5.56 Å². The molecule has 9 nitrogen and oxygen atoms in total. The summed E-state index contributed by atoms with van der Waals surface area (Å²) < 4.78 is 11.1. The van der Waals surface area contributed by atoms with Gasteiger partial charge in [0.1, 0.15) is 16.3 Å². The molecule has 162 valence electrons. The smallest absolute Gasteiger partial charge is 0.348 e. The lowest BCUT2D eigenvalue weighted by atomic mass is 10.2. The number of para-hydroxylation sites is 1. The van der Waals surface area contributed by atoms with Crippen LogP contribution in [-0.2, 0) is 20.8 Å². The van der Waals surface area contributed by atoms with Crippen molar-refractivity contribution < 1.29 is 23.9 Å². The van der Waals surface area contributed by atoms with Crippen LogP contribution in [0.3, 0.4) is 0 Å². The van der Waals surface area contributed by atoms with E-state index in [0.29, 0.717) is 15.3 Å². The Morgan fingerprint density at radius 1 is 1.19 bits per heavy atom. The molecule has 0 aliphatic heterocycles. The number of amides is 1. The zero-order valence-corrected chi connectivity index (χ0v) is 18.2. The highest BCUT2D eigenvalue weighted by Gasteiger charge is 2.22. The number of carbonyl (C=O) groups is 3. The predicted octanol–water partition coefficient (Wildman–Crippen LogP) is 2.76. The van der Waals surface area contributed by atoms with Gasteiger partial charge in [0, 0.05) is 0 Å². The number of rotatable bonds is 6. The van der Waals surface area contributed by atoms with Crippen molar-refractivity contribution in [2.24, 2.45) is 0 Å². The lowest BCUT2D eigenvalue weighted by Gasteiger charge is -2.10. The van der Waals surface area contributed by atoms with Gasteiger partial charge in [0.2, 0.25) is 5.91 Å². The normalized spacial score (nSPS) is 10.9. The van der Waals surface area contributed by atoms with Gasteiger partial charge in [-0.3, -0.25) is 14.2 Å². The number of esters is 2. The number of ether oxygens (including phenoxy) is 2. The van der Waals surface area contributed by atoms with Crippen LogP contribution in [0.5, 0.6) is 0 Å². The number of hydrogen-bond donors (Lipinski definition) is 1. The first kappa shape index (κ1) is 22.2. The van der Waals surface area contributed by atoms with Gasteiger partial charge in [0.05, 0.1) is 36.2 Å². The Hall–Kier alpha value is -3.53. The van der Waals surface area contributed by atoms with Gasteiger partial charge >= 0.3 is 11.9 Å². The molecule has 0 fully saturated rings. The number of fused-ring (bicyclic) bond motifs is 1. The summed E-state index contributed by atoms with van der Waals surface area (Å²) in [4.78, 5) is 54.5. The van der Waals surface area contributed by atoms with Crippen LogP contribution in [0.1, 0.15) is 39.4 Å². The SMILES string of the molecule is COC(=O)c1ccccc1NC(=O)Cn1cnc2sc(C(=O)OC(C)C)c(C)c2c1=O. The molecular formula is C21H21N3O6S. The molecule has 2 aromatic heterocycles. The minimum absolute atomic E-state index is 0.196. The Kier molecular flexibility index (Phi) is 6.50. The monoisotopic (exact) mass is 443 g/mol. The molecule has 0 aliphatic carbocycles. The average molecular weight is 443 g/mol. The van der Waals surface area contributed by atoms with Gasteiger partial charge in [-0.25, -0.2) is 14.6 Å². The van der Waals surface area contributed by atoms with Gasteiger partial charge in [0.15, 0.2) is 0 Å². The third-order valence-electron chi connectivity index (χ3n) is 4.37. The number of aryl methyl sites for hydroxylation is 1. The third kappa shape index (κ3) is 4.64. The van der Waals surface area contributed by atoms with E-state index < -0.39 is 23.4 Å². The maximum atomic E-state index is 12.9. The first-order valence-electron chi connectivity index (χ1n) is 9.39. The molecule has 1 amide bonds. The van der Waals surface area contributed by atoms with E-state index >= 15 is 0 Å². The Balaban J connectivity index is 1.88. The van der Waals surface area contributed by atoms with E-state index in [1.807, 2.05) is 0 Å². The molecule has 0 atom stereocenters. The first-order valence-corrected chi connectivity index (χ1v) is 10.2. The summed E-state index contributed by atoms with van der Waals surface area (Å²) in [5.41, 5.74) is 0.487. The second-order valence-electron chi connectivity index (χ2n) is 6.95. The Labute approximate surface area is 181 Å². The highest BCUT2D eigenvalue weighted by atomic mass is 32.1. The molecule has 0 aliphatic rings. The Bertz CT molecular complexity index is 1230. The second-order valence-corrected chi connectivity index (χ2v) is 7.95. The van der Waals surface area contributed by atoms with Crippen molar-refractivity contribution in [3.05, 3.63) is 57.0 Å². The lowest BCUT2D eigenvalue weighted by Crippen LogP contribution is -2.28. The van der Waals surface area contributed by atoms with Crippen LogP contribution in [0, 0.1) is 6.92 Å². The van der Waals surface area contributed by atoms with E-state index in [1.54, 1.807) is 39.0 Å². The van der Waals surface area contributed by atoms with Crippen molar-refractivity contribution in [3.8, 4) is 0 Å². The molecule has 31 heavy (non-hydrogen) atoms. The molecule has 3 rings (SSSR count). The molecule has 10 heteroatoms. The van der Waals surface area contributed by atoms with Crippen LogP contribution in [0.25, 0.3) is 10.2 Å². The Morgan fingerprint density at radius 3 is 2.58 bits per heavy atom. The Morgan fingerprint density at radius 2 is 1.90 bits per heavy atom. The summed E-state index contributed by atoms with van der Waals surface area (Å²) in [6.07, 6.45) is 0.961. The molecule has 0 saturated carbocycles. The average Bonchev–Trinajstić information content (AvgIpc) is 3.06. The van der Waals surface area contributed by atoms with Crippen molar-refractivity contribution in [1.29, 1.82) is 0 Å². The molecule has 0 spiro atoms. The van der Waals surface area contributed by atoms with Crippen LogP contribution in [0.15, 0.2) is 35.4 Å². The molecular weight excluding hydrogens is 422 g/mol. The zero-order chi connectivity index (χ0) is 22.7. The van der Waals surface area contributed by atoms with E-state index in [0.717, 1.165) is 15.9 Å². The van der Waals surface area contributed by atoms with Gasteiger partial charge in [-0.15, -0.1) is 11.3 Å². The fourth-order valence-electron chi connectivity index (χ4n) is 2.96. The number of methoxy groups -OCH3 is 1. The van der Waals surface area contributed by atoms with Gasteiger partial charge in [-0.1, -0.05) is 12.1 Å². The van der Waals surface area contributed by atoms with E-state index in [9.17, 15) is 19.2 Å². The summed E-state index contributed by atoms with van der Waals surface area (Å²) in [6.45, 7) is 4.81. The molecule has 1 aromatic carbocycles. The quantitative estimate of drug-likeness (QED) is 0.582. The number of thiophene rings is 1. The lowest BCUT2D eigenvalue weighted by molar-refractivity contribution is -0.116. The largest absolute Gasteiger partial charge is 0.465 e. The van der Waals surface area contributed by atoms with Gasteiger partial charge < -0.3 is 14.8 Å². The fraction of sp³-hybridized carbons (Fsp3) is 0.286. The summed E-state index contributed by atoms with van der Waals surface area (Å²) in [5.74, 6) is -1.63. The van der Waals surface area contributed by atoms with Gasteiger partial charge in [-0.2, -0.15) is 0 Å². The number of anilines is 1. The molecule has 0 radical (unpaired) electrons. The van der Waals surface area contributed by atoms with Crippen LogP contribution < -0.4 is 10.9 Å². The van der Waals surface area contributed by atoms with E-state index in [2.05, 4.69) is 10.3 Å². The molecule has 0 bridgehead atoms. The standard InChI is InChI=1S/C21H21N3O6S/c1-11(2)30-21(28)17-12(3)16-18(31-17)22-10-24(19(16)26)9-15(25)23-14-8-6-5-7-13(14)20(27)29-4/h5-8,10-11H,9H2,1-4H3,(H,23,25). The summed E-state index contributed by atoms with van der Waals surface area (Å²) in [5, 5.41) is 2.88. The van der Waals surface area contributed by atoms with Crippen molar-refractivity contribution in [1.82, 2.24) is 9.55 Å². The first-order chi connectivity index (χ1) is 14.7. The van der Waals surface area contributed by atoms with E-state index in [-0.39, 0.29) is 29.3 Å². The molecule has 3 aromatic rings. The number of nitrogens with zero attached hydrogens (tertiary/aromatic N) is 2. The highest BCUT2D eigenvalue weighted by Crippen LogP contribution is 2.27. The van der Waals surface area contributed by atoms with Crippen LogP contribution in [0.2, 0.25) is 0 Å². The van der Waals surface area contributed by atoms with Crippen molar-refractivity contribution in [3.63, 3.8) is 0 Å². The minimum atomic E-state index is -0.592. The van der Waals surface area contributed by atoms with Gasteiger partial charge in [-0.05, 0) is 38.5 Å². The van der Waals surface area contributed by atoms with Crippen molar-refractivity contribution >= 4 is 45.1 Å². The highest BCUT2D eigenvalue weighted by molar-refractivity contribution is 7.20. The molecule has 0 saturated heterocycles. The third-order valence-corrected chi connectivity index (χ3v) is 5.55. The fourth-order valence-corrected chi connectivity index (χ4v) is 3.98. The van der Waals surface area contributed by atoms with Crippen molar-refractivity contribution in [2.45, 2.75) is 33.4 Å². The van der Waals surface area contributed by atoms with Crippen molar-refractivity contribution in [2.75, 3.05) is 12.4 Å². The summed E-state index contributed by atoms with van der Waals surface area (Å²) in [6, 6.07) is 6.39. The number of carbonyl (C=O) groups excluding carboxylic acids is 3. The molecule has 2 heterocycles. The molecule has 1 N–H and O–H groups in total. The minimum Gasteiger partial charge on any atom is -0.465 e. The number of aromatic nitrogens is 2. The van der Waals surface area contributed by atoms with Crippen LogP contribution >= 0.6 is 11.3 Å². The number of hydrogen-bond acceptors (Lipinski definition) is 8. The maximum Gasteiger partial charge on any atom is 0.348 e. The summed E-state index contributed by atoms with van der Waals surface area (Å²) >= 11 is 1.08. The van der Waals surface area contributed by atoms with Crippen LogP contribution in [0.4, 0.5) is 5.69 Å². The topological polar surface area (TPSA) is 117 Å². The predicted molar refractivity (Wildman–Crippen MR) is 116 cm³/mol. The van der Waals surface area contributed by atoms with Crippen LogP contribution in [-0.4, -0.2) is 40.6 Å². The van der Waals surface area contributed by atoms with E-state index in [1.165, 1.54) is 19.5 Å². The number of benzene rings is 1. The second kappa shape index (κ2) is 9.09. The number of nitrogens with one attached hydrogen (secondary N) is 1. The molecule has 0 unspecified atom stereocenters. The zero-order valence-electron chi connectivity index (χ0n) is 17.4. The summed E-state index contributed by atoms with van der Waals surface area (Å²) in [7, 11) is 1.25. The van der Waals surface area contributed by atoms with E-state index in [4.69, 9.17) is 9.47 Å².